The van der Waals surface area contributed by atoms with Gasteiger partial charge in [-0.15, -0.1) is 0 Å². The van der Waals surface area contributed by atoms with Crippen molar-refractivity contribution < 1.29 is 9.53 Å². The molecule has 0 spiro atoms. The van der Waals surface area contributed by atoms with Crippen LogP contribution in [0.15, 0.2) is 12.4 Å². The second-order valence-corrected chi connectivity index (χ2v) is 4.40. The van der Waals surface area contributed by atoms with E-state index in [1.165, 1.54) is 7.11 Å². The summed E-state index contributed by atoms with van der Waals surface area (Å²) < 4.78 is 4.61. The summed E-state index contributed by atoms with van der Waals surface area (Å²) >= 11 is 0. The van der Waals surface area contributed by atoms with Crippen molar-refractivity contribution in [2.45, 2.75) is 18.8 Å². The minimum atomic E-state index is -0.389. The Morgan fingerprint density at radius 3 is 2.47 bits per heavy atom. The first-order chi connectivity index (χ1) is 8.20. The van der Waals surface area contributed by atoms with Gasteiger partial charge in [-0.3, -0.25) is 0 Å². The van der Waals surface area contributed by atoms with Gasteiger partial charge in [-0.25, -0.2) is 14.8 Å². The maximum absolute atomic E-state index is 11.2. The number of esters is 1. The molecule has 0 radical (unpaired) electrons. The standard InChI is InChI=1S/C12H17N3O2/c1-15-5-3-9(4-6-15)11-13-7-10(8-14-11)12(16)17-2/h7-9H,3-6H2,1-2H3. The number of methoxy groups -OCH3 is 1. The topological polar surface area (TPSA) is 55.3 Å². The molecule has 1 aliphatic rings. The molecule has 2 rings (SSSR count). The molecular weight excluding hydrogens is 218 g/mol. The van der Waals surface area contributed by atoms with Crippen LogP contribution in [0.3, 0.4) is 0 Å². The smallest absolute Gasteiger partial charge is 0.341 e. The first kappa shape index (κ1) is 12.0. The fourth-order valence-electron chi connectivity index (χ4n) is 2.04. The van der Waals surface area contributed by atoms with Gasteiger partial charge in [0.05, 0.1) is 12.7 Å². The summed E-state index contributed by atoms with van der Waals surface area (Å²) in [5.41, 5.74) is 0.407. The third-order valence-corrected chi connectivity index (χ3v) is 3.18. The van der Waals surface area contributed by atoms with Crippen molar-refractivity contribution in [1.82, 2.24) is 14.9 Å². The van der Waals surface area contributed by atoms with E-state index < -0.39 is 0 Å². The van der Waals surface area contributed by atoms with Crippen LogP contribution in [0.4, 0.5) is 0 Å². The van der Waals surface area contributed by atoms with Crippen LogP contribution in [0, 0.1) is 0 Å². The van der Waals surface area contributed by atoms with Crippen LogP contribution in [0.1, 0.15) is 34.9 Å². The van der Waals surface area contributed by atoms with E-state index in [1.54, 1.807) is 12.4 Å². The van der Waals surface area contributed by atoms with Crippen molar-refractivity contribution in [2.24, 2.45) is 0 Å². The van der Waals surface area contributed by atoms with E-state index >= 15 is 0 Å². The highest BCUT2D eigenvalue weighted by atomic mass is 16.5. The van der Waals surface area contributed by atoms with Gasteiger partial charge in [0, 0.05) is 18.3 Å². The summed E-state index contributed by atoms with van der Waals surface area (Å²) in [6.45, 7) is 2.15. The predicted octanol–water partition coefficient (Wildman–Crippen LogP) is 1.07. The largest absolute Gasteiger partial charge is 0.465 e. The molecule has 0 amide bonds. The molecule has 0 atom stereocenters. The van der Waals surface area contributed by atoms with Crippen molar-refractivity contribution >= 4 is 5.97 Å². The van der Waals surface area contributed by atoms with Gasteiger partial charge in [0.15, 0.2) is 0 Å². The van der Waals surface area contributed by atoms with Gasteiger partial charge >= 0.3 is 5.97 Å². The Hall–Kier alpha value is -1.49. The summed E-state index contributed by atoms with van der Waals surface area (Å²) in [5, 5.41) is 0. The zero-order valence-electron chi connectivity index (χ0n) is 10.2. The number of nitrogens with zero attached hydrogens (tertiary/aromatic N) is 3. The number of hydrogen-bond acceptors (Lipinski definition) is 5. The summed E-state index contributed by atoms with van der Waals surface area (Å²) in [7, 11) is 3.48. The molecule has 5 nitrogen and oxygen atoms in total. The number of carbonyl (C=O) groups is 1. The Bertz CT molecular complexity index is 383. The second-order valence-electron chi connectivity index (χ2n) is 4.40. The molecule has 1 fully saturated rings. The van der Waals surface area contributed by atoms with Crippen molar-refractivity contribution in [3.8, 4) is 0 Å². The average Bonchev–Trinajstić information content (AvgIpc) is 2.39. The van der Waals surface area contributed by atoms with Crippen LogP contribution in [0.25, 0.3) is 0 Å². The Morgan fingerprint density at radius 1 is 1.35 bits per heavy atom. The van der Waals surface area contributed by atoms with Gasteiger partial charge in [-0.05, 0) is 33.0 Å². The highest BCUT2D eigenvalue weighted by Gasteiger charge is 2.20. The van der Waals surface area contributed by atoms with Crippen molar-refractivity contribution in [3.05, 3.63) is 23.8 Å². The molecule has 0 unspecified atom stereocenters. The van der Waals surface area contributed by atoms with Crippen LogP contribution < -0.4 is 0 Å². The third-order valence-electron chi connectivity index (χ3n) is 3.18. The lowest BCUT2D eigenvalue weighted by Crippen LogP contribution is -2.29. The maximum atomic E-state index is 11.2. The van der Waals surface area contributed by atoms with E-state index in [2.05, 4.69) is 26.7 Å². The van der Waals surface area contributed by atoms with Crippen LogP contribution in [0.5, 0.6) is 0 Å². The molecule has 0 saturated carbocycles. The number of rotatable bonds is 2. The fraction of sp³-hybridized carbons (Fsp3) is 0.583. The molecule has 0 N–H and O–H groups in total. The minimum Gasteiger partial charge on any atom is -0.465 e. The number of ether oxygens (including phenoxy) is 1. The van der Waals surface area contributed by atoms with Gasteiger partial charge in [0.2, 0.25) is 0 Å². The van der Waals surface area contributed by atoms with Crippen molar-refractivity contribution in [3.63, 3.8) is 0 Å². The number of aromatic nitrogens is 2. The quantitative estimate of drug-likeness (QED) is 0.718. The number of piperidine rings is 1. The van der Waals surface area contributed by atoms with E-state index in [0.717, 1.165) is 31.8 Å². The normalized spacial score (nSPS) is 18.0. The first-order valence-corrected chi connectivity index (χ1v) is 5.79. The zero-order chi connectivity index (χ0) is 12.3. The molecular formula is C12H17N3O2. The monoisotopic (exact) mass is 235 g/mol. The Balaban J connectivity index is 2.05. The third kappa shape index (κ3) is 2.79. The molecule has 2 heterocycles. The van der Waals surface area contributed by atoms with E-state index in [4.69, 9.17) is 0 Å². The lowest BCUT2D eigenvalue weighted by atomic mass is 9.96. The molecule has 0 bridgehead atoms. The van der Waals surface area contributed by atoms with Gasteiger partial charge < -0.3 is 9.64 Å². The van der Waals surface area contributed by atoms with E-state index in [1.807, 2.05) is 0 Å². The predicted molar refractivity (Wildman–Crippen MR) is 62.8 cm³/mol. The average molecular weight is 235 g/mol. The molecule has 1 aromatic heterocycles. The van der Waals surface area contributed by atoms with Crippen molar-refractivity contribution in [2.75, 3.05) is 27.2 Å². The summed E-state index contributed by atoms with van der Waals surface area (Å²) in [4.78, 5) is 22.1. The first-order valence-electron chi connectivity index (χ1n) is 5.79. The SMILES string of the molecule is COC(=O)c1cnc(C2CCN(C)CC2)nc1. The van der Waals surface area contributed by atoms with E-state index in [9.17, 15) is 4.79 Å². The maximum Gasteiger partial charge on any atom is 0.341 e. The number of hydrogen-bond donors (Lipinski definition) is 0. The molecule has 0 aromatic carbocycles. The van der Waals surface area contributed by atoms with E-state index in [-0.39, 0.29) is 5.97 Å². The van der Waals surface area contributed by atoms with Crippen molar-refractivity contribution in [1.29, 1.82) is 0 Å². The fourth-order valence-corrected chi connectivity index (χ4v) is 2.04. The lowest BCUT2D eigenvalue weighted by Gasteiger charge is -2.27. The summed E-state index contributed by atoms with van der Waals surface area (Å²) in [6.07, 6.45) is 5.25. The molecule has 1 aliphatic heterocycles. The summed E-state index contributed by atoms with van der Waals surface area (Å²) in [6, 6.07) is 0. The second kappa shape index (κ2) is 5.23. The van der Waals surface area contributed by atoms with Crippen LogP contribution in [0.2, 0.25) is 0 Å². The lowest BCUT2D eigenvalue weighted by molar-refractivity contribution is 0.0599. The van der Waals surface area contributed by atoms with Gasteiger partial charge in [0.1, 0.15) is 5.82 Å². The van der Waals surface area contributed by atoms with Gasteiger partial charge in [-0.1, -0.05) is 0 Å². The molecule has 1 saturated heterocycles. The molecule has 1 aromatic rings. The van der Waals surface area contributed by atoms with E-state index in [0.29, 0.717) is 11.5 Å². The molecule has 5 heteroatoms. The Kier molecular flexibility index (Phi) is 3.68. The highest BCUT2D eigenvalue weighted by molar-refractivity contribution is 5.88. The van der Waals surface area contributed by atoms with Crippen LogP contribution in [-0.2, 0) is 4.74 Å². The Labute approximate surface area is 101 Å². The van der Waals surface area contributed by atoms with Gasteiger partial charge in [-0.2, -0.15) is 0 Å². The van der Waals surface area contributed by atoms with Crippen LogP contribution in [-0.4, -0.2) is 48.1 Å². The zero-order valence-corrected chi connectivity index (χ0v) is 10.2. The number of carbonyl (C=O) groups excluding carboxylic acids is 1. The van der Waals surface area contributed by atoms with Crippen LogP contribution >= 0.6 is 0 Å². The summed E-state index contributed by atoms with van der Waals surface area (Å²) in [5.74, 6) is 0.864. The molecule has 92 valence electrons. The highest BCUT2D eigenvalue weighted by Crippen LogP contribution is 2.24. The molecule has 17 heavy (non-hydrogen) atoms. The number of likely N-dealkylation sites (tertiary alicyclic amines) is 1. The van der Waals surface area contributed by atoms with Gasteiger partial charge in [0.25, 0.3) is 0 Å². The molecule has 0 aliphatic carbocycles. The Morgan fingerprint density at radius 2 is 1.94 bits per heavy atom. The minimum absolute atomic E-state index is 0.389.